The number of hydrogen-bond acceptors (Lipinski definition) is 5. The van der Waals surface area contributed by atoms with Gasteiger partial charge in [0.05, 0.1) is 6.61 Å². The van der Waals surface area contributed by atoms with E-state index in [-0.39, 0.29) is 29.0 Å². The maximum Gasteiger partial charge on any atom is 0.347 e. The number of thiophene rings is 1. The Kier molecular flexibility index (Phi) is 4.24. The summed E-state index contributed by atoms with van der Waals surface area (Å²) in [5.41, 5.74) is 0. The molecule has 1 fully saturated rings. The van der Waals surface area contributed by atoms with Gasteiger partial charge in [0, 0.05) is 12.6 Å². The van der Waals surface area contributed by atoms with Crippen LogP contribution in [0.2, 0.25) is 0 Å². The molecule has 0 unspecified atom stereocenters. The number of aromatic carboxylic acids is 1. The smallest absolute Gasteiger partial charge is 0.347 e. The van der Waals surface area contributed by atoms with Crippen LogP contribution in [-0.2, 0) is 10.0 Å². The van der Waals surface area contributed by atoms with Crippen molar-refractivity contribution in [3.05, 3.63) is 16.3 Å². The fraction of sp³-hybridized carbons (Fsp3) is 0.545. The van der Waals surface area contributed by atoms with Crippen LogP contribution in [0.15, 0.2) is 16.3 Å². The van der Waals surface area contributed by atoms with Crippen molar-refractivity contribution < 1.29 is 23.4 Å². The van der Waals surface area contributed by atoms with Crippen LogP contribution in [0.3, 0.4) is 0 Å². The highest BCUT2D eigenvalue weighted by atomic mass is 32.2. The zero-order valence-corrected chi connectivity index (χ0v) is 11.8. The normalized spacial score (nSPS) is 16.5. The molecule has 0 aliphatic heterocycles. The lowest BCUT2D eigenvalue weighted by Crippen LogP contribution is -2.45. The highest BCUT2D eigenvalue weighted by Gasteiger charge is 2.36. The third-order valence-electron chi connectivity index (χ3n) is 3.21. The summed E-state index contributed by atoms with van der Waals surface area (Å²) >= 11 is 0.889. The molecule has 0 bridgehead atoms. The van der Waals surface area contributed by atoms with E-state index in [1.54, 1.807) is 0 Å². The average Bonchev–Trinajstić information content (AvgIpc) is 2.75. The van der Waals surface area contributed by atoms with Crippen molar-refractivity contribution in [1.29, 1.82) is 0 Å². The lowest BCUT2D eigenvalue weighted by molar-refractivity contribution is 0.0698. The Morgan fingerprint density at radius 3 is 2.63 bits per heavy atom. The Hall–Kier alpha value is -0.960. The Labute approximate surface area is 115 Å². The number of aliphatic hydroxyl groups is 1. The molecule has 19 heavy (non-hydrogen) atoms. The van der Waals surface area contributed by atoms with Gasteiger partial charge in [0.25, 0.3) is 0 Å². The van der Waals surface area contributed by atoms with Crippen LogP contribution in [0.25, 0.3) is 0 Å². The SMILES string of the molecule is O=C(O)c1sccc1S(=O)(=O)N(CCO)C1CCC1. The molecule has 6 nitrogen and oxygen atoms in total. The Bertz CT molecular complexity index is 561. The van der Waals surface area contributed by atoms with Gasteiger partial charge in [0.2, 0.25) is 10.0 Å². The minimum absolute atomic E-state index is 0.00189. The molecule has 1 heterocycles. The monoisotopic (exact) mass is 305 g/mol. The van der Waals surface area contributed by atoms with Gasteiger partial charge in [-0.15, -0.1) is 11.3 Å². The minimum Gasteiger partial charge on any atom is -0.477 e. The summed E-state index contributed by atoms with van der Waals surface area (Å²) in [4.78, 5) is 10.7. The summed E-state index contributed by atoms with van der Waals surface area (Å²) in [7, 11) is -3.85. The molecule has 0 radical (unpaired) electrons. The average molecular weight is 305 g/mol. The predicted molar refractivity (Wildman–Crippen MR) is 69.9 cm³/mol. The van der Waals surface area contributed by atoms with Gasteiger partial charge in [0.1, 0.15) is 9.77 Å². The van der Waals surface area contributed by atoms with Gasteiger partial charge in [-0.3, -0.25) is 0 Å². The van der Waals surface area contributed by atoms with Gasteiger partial charge in [-0.2, -0.15) is 4.31 Å². The van der Waals surface area contributed by atoms with E-state index in [0.29, 0.717) is 0 Å². The Morgan fingerprint density at radius 1 is 1.47 bits per heavy atom. The maximum atomic E-state index is 12.5. The molecule has 0 saturated heterocycles. The molecule has 0 aromatic carbocycles. The Morgan fingerprint density at radius 2 is 2.16 bits per heavy atom. The van der Waals surface area contributed by atoms with E-state index in [9.17, 15) is 13.2 Å². The molecule has 2 N–H and O–H groups in total. The van der Waals surface area contributed by atoms with Crippen LogP contribution in [0, 0.1) is 0 Å². The second kappa shape index (κ2) is 5.58. The first-order valence-electron chi connectivity index (χ1n) is 5.92. The first kappa shape index (κ1) is 14.4. The van der Waals surface area contributed by atoms with E-state index in [1.165, 1.54) is 15.8 Å². The Balaban J connectivity index is 2.38. The van der Waals surface area contributed by atoms with Crippen LogP contribution in [0.4, 0.5) is 0 Å². The lowest BCUT2D eigenvalue weighted by Gasteiger charge is -2.36. The first-order chi connectivity index (χ1) is 8.98. The third kappa shape index (κ3) is 2.66. The number of nitrogens with zero attached hydrogens (tertiary/aromatic N) is 1. The largest absolute Gasteiger partial charge is 0.477 e. The standard InChI is InChI=1S/C11H15NO5S2/c13-6-5-12(8-2-1-3-8)19(16,17)9-4-7-18-10(9)11(14)15/h4,7-8,13H,1-3,5-6H2,(H,14,15). The molecular weight excluding hydrogens is 290 g/mol. The van der Waals surface area contributed by atoms with Crippen LogP contribution in [0.5, 0.6) is 0 Å². The van der Waals surface area contributed by atoms with E-state index in [2.05, 4.69) is 0 Å². The van der Waals surface area contributed by atoms with E-state index in [4.69, 9.17) is 10.2 Å². The van der Waals surface area contributed by atoms with Gasteiger partial charge < -0.3 is 10.2 Å². The summed E-state index contributed by atoms with van der Waals surface area (Å²) in [6, 6.07) is 1.19. The van der Waals surface area contributed by atoms with E-state index < -0.39 is 16.0 Å². The number of sulfonamides is 1. The van der Waals surface area contributed by atoms with Crippen molar-refractivity contribution in [3.63, 3.8) is 0 Å². The van der Waals surface area contributed by atoms with Crippen LogP contribution in [-0.4, -0.2) is 48.1 Å². The summed E-state index contributed by atoms with van der Waals surface area (Å²) < 4.78 is 26.2. The predicted octanol–water partition coefficient (Wildman–Crippen LogP) is 0.982. The molecular formula is C11H15NO5S2. The van der Waals surface area contributed by atoms with Crippen molar-refractivity contribution in [3.8, 4) is 0 Å². The van der Waals surface area contributed by atoms with Gasteiger partial charge >= 0.3 is 5.97 Å². The van der Waals surface area contributed by atoms with Crippen LogP contribution >= 0.6 is 11.3 Å². The summed E-state index contributed by atoms with van der Waals surface area (Å²) in [6.07, 6.45) is 2.47. The number of carbonyl (C=O) groups is 1. The second-order valence-electron chi connectivity index (χ2n) is 4.34. The highest BCUT2D eigenvalue weighted by Crippen LogP contribution is 2.32. The van der Waals surface area contributed by atoms with Gasteiger partial charge in [-0.05, 0) is 24.3 Å². The summed E-state index contributed by atoms with van der Waals surface area (Å²) in [5, 5.41) is 19.5. The van der Waals surface area contributed by atoms with Gasteiger partial charge in [0.15, 0.2) is 0 Å². The van der Waals surface area contributed by atoms with Crippen LogP contribution in [0.1, 0.15) is 28.9 Å². The van der Waals surface area contributed by atoms with Crippen molar-refractivity contribution >= 4 is 27.3 Å². The van der Waals surface area contributed by atoms with E-state index in [0.717, 1.165) is 30.6 Å². The van der Waals surface area contributed by atoms with Gasteiger partial charge in [-0.25, -0.2) is 13.2 Å². The van der Waals surface area contributed by atoms with E-state index >= 15 is 0 Å². The number of rotatable bonds is 6. The molecule has 0 spiro atoms. The molecule has 1 aliphatic rings. The van der Waals surface area contributed by atoms with Crippen molar-refractivity contribution in [1.82, 2.24) is 4.31 Å². The van der Waals surface area contributed by atoms with Crippen molar-refractivity contribution in [2.24, 2.45) is 0 Å². The number of carboxylic acid groups (broad SMARTS) is 1. The second-order valence-corrected chi connectivity index (χ2v) is 7.12. The molecule has 0 atom stereocenters. The molecule has 1 aromatic heterocycles. The van der Waals surface area contributed by atoms with Gasteiger partial charge in [-0.1, -0.05) is 6.42 Å². The number of hydrogen-bond donors (Lipinski definition) is 2. The number of aliphatic hydroxyl groups excluding tert-OH is 1. The first-order valence-corrected chi connectivity index (χ1v) is 8.24. The third-order valence-corrected chi connectivity index (χ3v) is 6.24. The molecule has 0 amide bonds. The summed E-state index contributed by atoms with van der Waals surface area (Å²) in [6.45, 7) is -0.274. The number of carboxylic acids is 1. The fourth-order valence-electron chi connectivity index (χ4n) is 2.06. The lowest BCUT2D eigenvalue weighted by atomic mass is 9.93. The molecule has 8 heteroatoms. The van der Waals surface area contributed by atoms with E-state index in [1.807, 2.05) is 0 Å². The zero-order valence-electron chi connectivity index (χ0n) is 10.2. The zero-order chi connectivity index (χ0) is 14.0. The molecule has 1 aliphatic carbocycles. The fourth-order valence-corrected chi connectivity index (χ4v) is 4.97. The molecule has 106 valence electrons. The topological polar surface area (TPSA) is 94.9 Å². The van der Waals surface area contributed by atoms with Crippen molar-refractivity contribution in [2.45, 2.75) is 30.2 Å². The molecule has 1 aromatic rings. The quantitative estimate of drug-likeness (QED) is 0.817. The molecule has 1 saturated carbocycles. The highest BCUT2D eigenvalue weighted by molar-refractivity contribution is 7.89. The minimum atomic E-state index is -3.85. The molecule has 2 rings (SSSR count). The van der Waals surface area contributed by atoms with Crippen molar-refractivity contribution in [2.75, 3.05) is 13.2 Å². The summed E-state index contributed by atoms with van der Waals surface area (Å²) in [5.74, 6) is -1.24. The maximum absolute atomic E-state index is 12.5. The van der Waals surface area contributed by atoms with Crippen LogP contribution < -0.4 is 0 Å².